The second-order valence-electron chi connectivity index (χ2n) is 4.35. The molecular weight excluding hydrogens is 281 g/mol. The second-order valence-corrected chi connectivity index (χ2v) is 5.14. The van der Waals surface area contributed by atoms with Crippen molar-refractivity contribution in [3.63, 3.8) is 0 Å². The highest BCUT2D eigenvalue weighted by molar-refractivity contribution is 6.40. The topological polar surface area (TPSA) is 20.3 Å². The van der Waals surface area contributed by atoms with E-state index in [0.29, 0.717) is 21.9 Å². The molecule has 2 aromatic rings. The molecule has 0 saturated heterocycles. The molecule has 0 atom stereocenters. The Bertz CT molecular complexity index is 624. The number of nitrogens with zero attached hydrogens (tertiary/aromatic N) is 1. The predicted octanol–water partition coefficient (Wildman–Crippen LogP) is 4.54. The summed E-state index contributed by atoms with van der Waals surface area (Å²) in [5.74, 6) is 0. The van der Waals surface area contributed by atoms with Gasteiger partial charge in [-0.05, 0) is 12.1 Å². The van der Waals surface area contributed by atoms with E-state index in [4.69, 9.17) is 23.2 Å². The molecule has 0 N–H and O–H groups in total. The highest BCUT2D eigenvalue weighted by atomic mass is 35.5. The maximum atomic E-state index is 11.1. The average molecular weight is 294 g/mol. The molecule has 19 heavy (non-hydrogen) atoms. The van der Waals surface area contributed by atoms with Crippen molar-refractivity contribution in [1.29, 1.82) is 0 Å². The molecule has 0 saturated carbocycles. The molecule has 0 aliphatic heterocycles. The van der Waals surface area contributed by atoms with E-state index in [1.807, 2.05) is 49.3 Å². The van der Waals surface area contributed by atoms with Crippen LogP contribution in [0.5, 0.6) is 0 Å². The molecule has 0 heterocycles. The number of carbonyl (C=O) groups excluding carboxylic acids is 1. The number of para-hydroxylation sites is 1. The Labute approximate surface area is 122 Å². The first kappa shape index (κ1) is 13.9. The number of anilines is 1. The molecule has 2 nitrogen and oxygen atoms in total. The van der Waals surface area contributed by atoms with E-state index in [2.05, 4.69) is 0 Å². The summed E-state index contributed by atoms with van der Waals surface area (Å²) in [7, 11) is 3.92. The molecule has 0 bridgehead atoms. The average Bonchev–Trinajstić information content (AvgIpc) is 2.39. The van der Waals surface area contributed by atoms with Crippen molar-refractivity contribution in [2.45, 2.75) is 0 Å². The zero-order valence-corrected chi connectivity index (χ0v) is 12.2. The highest BCUT2D eigenvalue weighted by Crippen LogP contribution is 2.38. The lowest BCUT2D eigenvalue weighted by molar-refractivity contribution is 0.112. The van der Waals surface area contributed by atoms with Gasteiger partial charge in [-0.2, -0.15) is 0 Å². The van der Waals surface area contributed by atoms with Gasteiger partial charge < -0.3 is 4.90 Å². The minimum Gasteiger partial charge on any atom is -0.377 e. The summed E-state index contributed by atoms with van der Waals surface area (Å²) >= 11 is 12.3. The van der Waals surface area contributed by atoms with Crippen LogP contribution in [-0.4, -0.2) is 20.4 Å². The molecule has 2 aromatic carbocycles. The van der Waals surface area contributed by atoms with Crippen molar-refractivity contribution in [2.24, 2.45) is 0 Å². The molecule has 0 fully saturated rings. The Morgan fingerprint density at radius 1 is 1.00 bits per heavy atom. The lowest BCUT2D eigenvalue weighted by Crippen LogP contribution is -2.09. The molecule has 0 unspecified atom stereocenters. The quantitative estimate of drug-likeness (QED) is 0.775. The Hall–Kier alpha value is -1.51. The normalized spacial score (nSPS) is 10.3. The van der Waals surface area contributed by atoms with Crippen molar-refractivity contribution in [3.05, 3.63) is 52.0 Å². The molecule has 0 aromatic heterocycles. The molecule has 4 heteroatoms. The van der Waals surface area contributed by atoms with Gasteiger partial charge in [-0.25, -0.2) is 0 Å². The molecule has 0 aliphatic carbocycles. The largest absolute Gasteiger partial charge is 0.377 e. The number of aldehydes is 1. The Morgan fingerprint density at radius 2 is 1.68 bits per heavy atom. The second kappa shape index (κ2) is 5.64. The van der Waals surface area contributed by atoms with E-state index in [0.717, 1.165) is 16.8 Å². The minimum atomic E-state index is 0.328. The zero-order chi connectivity index (χ0) is 14.0. The van der Waals surface area contributed by atoms with Crippen LogP contribution >= 0.6 is 23.2 Å². The van der Waals surface area contributed by atoms with Gasteiger partial charge >= 0.3 is 0 Å². The van der Waals surface area contributed by atoms with Gasteiger partial charge in [0, 0.05) is 30.9 Å². The van der Waals surface area contributed by atoms with E-state index in [1.54, 1.807) is 6.07 Å². The van der Waals surface area contributed by atoms with Gasteiger partial charge in [0.2, 0.25) is 0 Å². The van der Waals surface area contributed by atoms with Gasteiger partial charge in [0.1, 0.15) is 0 Å². The van der Waals surface area contributed by atoms with Crippen LogP contribution in [0.15, 0.2) is 36.4 Å². The van der Waals surface area contributed by atoms with Crippen LogP contribution in [0.3, 0.4) is 0 Å². The molecule has 0 amide bonds. The molecule has 0 aliphatic rings. The SMILES string of the molecule is CN(C)c1ccccc1-c1ccc(Cl)c(C=O)c1Cl. The Balaban J connectivity index is 2.70. The fourth-order valence-electron chi connectivity index (χ4n) is 1.98. The Kier molecular flexibility index (Phi) is 4.13. The van der Waals surface area contributed by atoms with Crippen LogP contribution in [0.1, 0.15) is 10.4 Å². The first-order valence-corrected chi connectivity index (χ1v) is 6.51. The summed E-state index contributed by atoms with van der Waals surface area (Å²) in [6.45, 7) is 0. The van der Waals surface area contributed by atoms with Gasteiger partial charge in [-0.3, -0.25) is 4.79 Å². The monoisotopic (exact) mass is 293 g/mol. The van der Waals surface area contributed by atoms with E-state index in [1.165, 1.54) is 0 Å². The number of carbonyl (C=O) groups is 1. The summed E-state index contributed by atoms with van der Waals surface area (Å²) in [6.07, 6.45) is 0.687. The standard InChI is InChI=1S/C15H13Cl2NO/c1-18(2)14-6-4-3-5-10(14)11-7-8-13(16)12(9-19)15(11)17/h3-9H,1-2H3. The van der Waals surface area contributed by atoms with Crippen LogP contribution in [0, 0.1) is 0 Å². The third-order valence-electron chi connectivity index (χ3n) is 2.92. The van der Waals surface area contributed by atoms with Gasteiger partial charge in [-0.15, -0.1) is 0 Å². The van der Waals surface area contributed by atoms with Crippen molar-refractivity contribution >= 4 is 35.2 Å². The molecule has 2 rings (SSSR count). The lowest BCUT2D eigenvalue weighted by Gasteiger charge is -2.18. The van der Waals surface area contributed by atoms with Crippen LogP contribution in [0.25, 0.3) is 11.1 Å². The third-order valence-corrected chi connectivity index (χ3v) is 3.66. The van der Waals surface area contributed by atoms with Gasteiger partial charge in [-0.1, -0.05) is 47.5 Å². The molecular formula is C15H13Cl2NO. The number of halogens is 2. The number of hydrogen-bond donors (Lipinski definition) is 0. The summed E-state index contributed by atoms with van der Waals surface area (Å²) in [5, 5.41) is 0.753. The van der Waals surface area contributed by atoms with Crippen molar-refractivity contribution in [3.8, 4) is 11.1 Å². The summed E-state index contributed by atoms with van der Waals surface area (Å²) in [5.41, 5.74) is 3.13. The maximum absolute atomic E-state index is 11.1. The van der Waals surface area contributed by atoms with Crippen LogP contribution in [0.4, 0.5) is 5.69 Å². The van der Waals surface area contributed by atoms with E-state index < -0.39 is 0 Å². The smallest absolute Gasteiger partial charge is 0.153 e. The zero-order valence-electron chi connectivity index (χ0n) is 10.7. The molecule has 0 spiro atoms. The fraction of sp³-hybridized carbons (Fsp3) is 0.133. The lowest BCUT2D eigenvalue weighted by atomic mass is 10.0. The first-order valence-electron chi connectivity index (χ1n) is 5.76. The molecule has 0 radical (unpaired) electrons. The summed E-state index contributed by atoms with van der Waals surface area (Å²) < 4.78 is 0. The van der Waals surface area contributed by atoms with Gasteiger partial charge in [0.25, 0.3) is 0 Å². The van der Waals surface area contributed by atoms with Crippen molar-refractivity contribution < 1.29 is 4.79 Å². The van der Waals surface area contributed by atoms with Crippen LogP contribution in [0.2, 0.25) is 10.0 Å². The summed E-state index contributed by atoms with van der Waals surface area (Å²) in [4.78, 5) is 13.1. The number of rotatable bonds is 3. The van der Waals surface area contributed by atoms with Gasteiger partial charge in [0.15, 0.2) is 6.29 Å². The van der Waals surface area contributed by atoms with Gasteiger partial charge in [0.05, 0.1) is 15.6 Å². The van der Waals surface area contributed by atoms with Crippen LogP contribution < -0.4 is 4.90 Å². The van der Waals surface area contributed by atoms with E-state index >= 15 is 0 Å². The Morgan fingerprint density at radius 3 is 2.32 bits per heavy atom. The van der Waals surface area contributed by atoms with Crippen LogP contribution in [-0.2, 0) is 0 Å². The predicted molar refractivity (Wildman–Crippen MR) is 81.6 cm³/mol. The fourth-order valence-corrected chi connectivity index (χ4v) is 2.54. The number of hydrogen-bond acceptors (Lipinski definition) is 2. The minimum absolute atomic E-state index is 0.328. The van der Waals surface area contributed by atoms with Crippen molar-refractivity contribution in [1.82, 2.24) is 0 Å². The third kappa shape index (κ3) is 2.60. The highest BCUT2D eigenvalue weighted by Gasteiger charge is 2.14. The van der Waals surface area contributed by atoms with E-state index in [-0.39, 0.29) is 0 Å². The molecule has 98 valence electrons. The summed E-state index contributed by atoms with van der Waals surface area (Å²) in [6, 6.07) is 11.4. The first-order chi connectivity index (χ1) is 9.06. The number of benzene rings is 2. The van der Waals surface area contributed by atoms with Crippen molar-refractivity contribution in [2.75, 3.05) is 19.0 Å². The maximum Gasteiger partial charge on any atom is 0.153 e. The van der Waals surface area contributed by atoms with E-state index in [9.17, 15) is 4.79 Å².